The van der Waals surface area contributed by atoms with Gasteiger partial charge in [0.2, 0.25) is 5.88 Å². The fraction of sp³-hybridized carbons (Fsp3) is 0.436. The largest absolute Gasteiger partial charge is 0.440 e. The van der Waals surface area contributed by atoms with Crippen LogP contribution in [0.25, 0.3) is 0 Å². The summed E-state index contributed by atoms with van der Waals surface area (Å²) in [7, 11) is 0. The Bertz CT molecular complexity index is 4230. The molecule has 4 fully saturated rings. The Morgan fingerprint density at radius 1 is 0.460 bits per heavy atom. The van der Waals surface area contributed by atoms with Gasteiger partial charge in [0.25, 0.3) is 13.4 Å². The lowest BCUT2D eigenvalue weighted by molar-refractivity contribution is -0.00345. The second kappa shape index (κ2) is 17.9. The van der Waals surface area contributed by atoms with E-state index in [1.54, 1.807) is 4.88 Å². The molecule has 87 heavy (non-hydrogen) atoms. The number of anilines is 9. The van der Waals surface area contributed by atoms with Crippen molar-refractivity contribution in [3.8, 4) is 11.6 Å². The number of fused-ring (bicyclic) bond motifs is 10. The molecule has 10 aliphatic rings. The van der Waals surface area contributed by atoms with Crippen LogP contribution < -0.4 is 51.5 Å². The van der Waals surface area contributed by atoms with Gasteiger partial charge in [-0.15, -0.1) is 0 Å². The molecule has 4 saturated carbocycles. The van der Waals surface area contributed by atoms with Crippen molar-refractivity contribution in [1.82, 2.24) is 9.97 Å². The SMILES string of the molecule is CC(C)(C)c1cc2c3c(n1)Oc1cc4c(cc1B3c1ccccc1N2c1ccc2c(c1)C(C)(C)CCC2(C)C)B1c2sc(C35CC6CC(CC(C6)C3)C5)cc2N(c2ccc3c(c2)C(C)(C)CCC3(C)C)c2cc(C(C)(C)C)nc(c21)N4c1ccccc1. The fourth-order valence-electron chi connectivity index (χ4n) is 18.9. The lowest BCUT2D eigenvalue weighted by atomic mass is 9.32. The maximum atomic E-state index is 7.61. The highest BCUT2D eigenvalue weighted by Crippen LogP contribution is 2.63. The standard InChI is InChI=1S/C78H85B2N5OS/c1-72(2,3)64-39-60-67-70(81-64)85(48-20-16-15-17-21-48)59-38-63-57(79-55-22-18-19-23-58(55)83(61-40-65(73(4,5)6)82-71(86-63)68(61)79)49-24-26-51-53(35-49)76(11,12)30-28-74(51,7)8)37-56(59)80(67)69-62(41-66(87-69)78-42-45-32-46(43-78)34-47(33-45)44-78)84(60)50-25-27-52-54(36-50)77(13,14)31-29-75(52,9)10/h15-27,35-41,45-47H,28-34,42-44H2,1-14H3. The predicted octanol–water partition coefficient (Wildman–Crippen LogP) is 16.8. The number of hydrogen-bond donors (Lipinski definition) is 0. The zero-order valence-electron chi connectivity index (χ0n) is 54.1. The number of benzene rings is 5. The number of ether oxygens (including phenoxy) is 1. The van der Waals surface area contributed by atoms with Gasteiger partial charge in [-0.25, -0.2) is 9.97 Å². The van der Waals surface area contributed by atoms with E-state index in [-0.39, 0.29) is 51.3 Å². The molecule has 18 rings (SSSR count). The monoisotopic (exact) mass is 1160 g/mol. The molecule has 8 aromatic rings. The van der Waals surface area contributed by atoms with E-state index in [0.29, 0.717) is 5.88 Å². The maximum Gasteiger partial charge on any atom is 0.266 e. The molecule has 3 aromatic heterocycles. The van der Waals surface area contributed by atoms with Crippen molar-refractivity contribution in [3.05, 3.63) is 160 Å². The van der Waals surface area contributed by atoms with E-state index in [4.69, 9.17) is 14.7 Å². The Hall–Kier alpha value is -6.57. The minimum atomic E-state index is -0.249. The van der Waals surface area contributed by atoms with Gasteiger partial charge in [-0.3, -0.25) is 4.90 Å². The van der Waals surface area contributed by atoms with Gasteiger partial charge in [0.15, 0.2) is 0 Å². The quantitative estimate of drug-likeness (QED) is 0.164. The average molecular weight is 1160 g/mol. The van der Waals surface area contributed by atoms with Gasteiger partial charge in [0.1, 0.15) is 11.6 Å². The van der Waals surface area contributed by atoms with Crippen molar-refractivity contribution in [2.75, 3.05) is 14.7 Å². The van der Waals surface area contributed by atoms with Crippen molar-refractivity contribution in [2.45, 2.75) is 199 Å². The molecule has 4 aliphatic heterocycles. The predicted molar refractivity (Wildman–Crippen MR) is 368 cm³/mol. The zero-order valence-corrected chi connectivity index (χ0v) is 54.9. The first-order valence-electron chi connectivity index (χ1n) is 33.2. The first-order chi connectivity index (χ1) is 41.3. The van der Waals surface area contributed by atoms with Crippen LogP contribution in [0.15, 0.2) is 121 Å². The Kier molecular flexibility index (Phi) is 11.2. The van der Waals surface area contributed by atoms with Gasteiger partial charge in [-0.05, 0) is 208 Å². The summed E-state index contributed by atoms with van der Waals surface area (Å²) >= 11 is 2.17. The zero-order chi connectivity index (χ0) is 60.0. The summed E-state index contributed by atoms with van der Waals surface area (Å²) in [5.41, 5.74) is 24.0. The third-order valence-corrected chi connectivity index (χ3v) is 25.0. The van der Waals surface area contributed by atoms with Gasteiger partial charge < -0.3 is 14.5 Å². The summed E-state index contributed by atoms with van der Waals surface area (Å²) in [6.07, 6.45) is 13.0. The average Bonchev–Trinajstić information content (AvgIpc) is 1.66. The first-order valence-corrected chi connectivity index (χ1v) is 34.0. The second-order valence-corrected chi connectivity index (χ2v) is 34.5. The van der Waals surface area contributed by atoms with Crippen LogP contribution in [0.2, 0.25) is 0 Å². The van der Waals surface area contributed by atoms with Gasteiger partial charge in [-0.2, -0.15) is 11.3 Å². The highest BCUT2D eigenvalue weighted by Gasteiger charge is 2.55. The molecule has 0 amide bonds. The molecule has 7 heterocycles. The number of rotatable bonds is 4. The Labute approximate surface area is 522 Å². The Balaban J connectivity index is 0.933. The van der Waals surface area contributed by atoms with E-state index in [9.17, 15) is 0 Å². The molecule has 5 aromatic carbocycles. The normalized spacial score (nSPS) is 24.0. The topological polar surface area (TPSA) is 44.7 Å². The summed E-state index contributed by atoms with van der Waals surface area (Å²) in [6, 6.07) is 48.1. The molecule has 0 saturated heterocycles. The molecular formula is C78H85B2N5OS. The summed E-state index contributed by atoms with van der Waals surface area (Å²) in [5, 5.41) is 0. The molecule has 9 heteroatoms. The Morgan fingerprint density at radius 3 is 1.57 bits per heavy atom. The van der Waals surface area contributed by atoms with Crippen LogP contribution in [0.1, 0.15) is 200 Å². The lowest BCUT2D eigenvalue weighted by Gasteiger charge is -2.56. The molecule has 4 bridgehead atoms. The van der Waals surface area contributed by atoms with Crippen LogP contribution in [0.5, 0.6) is 11.6 Å². The number of pyridine rings is 2. The van der Waals surface area contributed by atoms with E-state index in [1.165, 1.54) is 135 Å². The molecule has 6 aliphatic carbocycles. The summed E-state index contributed by atoms with van der Waals surface area (Å²) in [4.78, 5) is 21.1. The van der Waals surface area contributed by atoms with E-state index < -0.39 is 0 Å². The van der Waals surface area contributed by atoms with E-state index in [2.05, 4.69) is 244 Å². The third kappa shape index (κ3) is 7.91. The molecular weight excluding hydrogens is 1080 g/mol. The van der Waals surface area contributed by atoms with Gasteiger partial charge in [0, 0.05) is 77.2 Å². The number of thiophene rings is 1. The number of nitrogens with zero attached hydrogens (tertiary/aromatic N) is 5. The van der Waals surface area contributed by atoms with Gasteiger partial charge in [-0.1, -0.05) is 152 Å². The van der Waals surface area contributed by atoms with Crippen molar-refractivity contribution in [1.29, 1.82) is 0 Å². The van der Waals surface area contributed by atoms with Crippen LogP contribution in [-0.2, 0) is 37.9 Å². The summed E-state index contributed by atoms with van der Waals surface area (Å²) < 4.78 is 9.06. The summed E-state index contributed by atoms with van der Waals surface area (Å²) in [5.74, 6) is 5.10. The number of para-hydroxylation sites is 2. The van der Waals surface area contributed by atoms with E-state index in [1.807, 2.05) is 0 Å². The van der Waals surface area contributed by atoms with Crippen molar-refractivity contribution in [2.24, 2.45) is 17.8 Å². The van der Waals surface area contributed by atoms with E-state index in [0.717, 1.165) is 69.7 Å². The van der Waals surface area contributed by atoms with Gasteiger partial charge in [0.05, 0.1) is 17.1 Å². The molecule has 0 radical (unpaired) electrons. The first kappa shape index (κ1) is 54.6. The molecule has 0 spiro atoms. The smallest absolute Gasteiger partial charge is 0.266 e. The summed E-state index contributed by atoms with van der Waals surface area (Å²) in [6.45, 7) is 33.4. The van der Waals surface area contributed by atoms with Crippen LogP contribution in [0, 0.1) is 17.8 Å². The molecule has 6 nitrogen and oxygen atoms in total. The molecule has 440 valence electrons. The van der Waals surface area contributed by atoms with Crippen LogP contribution >= 0.6 is 11.3 Å². The Morgan fingerprint density at radius 2 is 0.989 bits per heavy atom. The molecule has 0 atom stereocenters. The van der Waals surface area contributed by atoms with Crippen molar-refractivity contribution < 1.29 is 4.74 Å². The fourth-order valence-corrected chi connectivity index (χ4v) is 20.4. The molecule has 0 N–H and O–H groups in total. The number of aromatic nitrogens is 2. The minimum absolute atomic E-state index is 0.0468. The van der Waals surface area contributed by atoms with Gasteiger partial charge >= 0.3 is 0 Å². The third-order valence-electron chi connectivity index (χ3n) is 23.6. The van der Waals surface area contributed by atoms with Crippen LogP contribution in [-0.4, -0.2) is 23.4 Å². The highest BCUT2D eigenvalue weighted by molar-refractivity contribution is 7.29. The van der Waals surface area contributed by atoms with E-state index >= 15 is 0 Å². The molecule has 0 unspecified atom stereocenters. The second-order valence-electron chi connectivity index (χ2n) is 33.4. The lowest BCUT2D eigenvalue weighted by Crippen LogP contribution is -2.64. The van der Waals surface area contributed by atoms with Crippen LogP contribution in [0.4, 0.5) is 51.3 Å². The highest BCUT2D eigenvalue weighted by atomic mass is 32.1. The number of hydrogen-bond acceptors (Lipinski definition) is 7. The minimum Gasteiger partial charge on any atom is -0.440 e. The maximum absolute atomic E-state index is 7.61. The van der Waals surface area contributed by atoms with Crippen molar-refractivity contribution >= 4 is 108 Å². The van der Waals surface area contributed by atoms with Crippen LogP contribution in [0.3, 0.4) is 0 Å². The van der Waals surface area contributed by atoms with Crippen molar-refractivity contribution in [3.63, 3.8) is 0 Å².